The molecule has 2 rings (SSSR count). The fourth-order valence-electron chi connectivity index (χ4n) is 2.00. The van der Waals surface area contributed by atoms with Gasteiger partial charge in [-0.1, -0.05) is 36.2 Å². The van der Waals surface area contributed by atoms with Crippen molar-refractivity contribution in [1.82, 2.24) is 5.32 Å². The lowest BCUT2D eigenvalue weighted by atomic mass is 9.92. The normalized spacial score (nSPS) is 18.1. The molecule has 1 aliphatic rings. The fraction of sp³-hybridized carbons (Fsp3) is 0.538. The molecule has 3 heteroatoms. The van der Waals surface area contributed by atoms with Crippen molar-refractivity contribution in [3.8, 4) is 0 Å². The molecule has 1 atom stereocenters. The first-order valence-corrected chi connectivity index (χ1v) is 6.27. The van der Waals surface area contributed by atoms with Crippen LogP contribution in [0.1, 0.15) is 30.7 Å². The molecule has 1 fully saturated rings. The van der Waals surface area contributed by atoms with Crippen molar-refractivity contribution in [2.75, 3.05) is 13.2 Å². The highest BCUT2D eigenvalue weighted by Crippen LogP contribution is 2.25. The van der Waals surface area contributed by atoms with E-state index < -0.39 is 0 Å². The maximum Gasteiger partial charge on any atom is 0.0512 e. The first kappa shape index (κ1) is 11.9. The van der Waals surface area contributed by atoms with Crippen LogP contribution in [0.5, 0.6) is 0 Å². The third kappa shape index (κ3) is 2.76. The van der Waals surface area contributed by atoms with Gasteiger partial charge in [-0.2, -0.15) is 0 Å². The minimum Gasteiger partial charge on any atom is -0.396 e. The van der Waals surface area contributed by atoms with Crippen LogP contribution in [-0.2, 0) is 0 Å². The molecule has 0 aromatic heterocycles. The Morgan fingerprint density at radius 3 is 2.69 bits per heavy atom. The number of nitrogens with one attached hydrogen (secondary N) is 1. The van der Waals surface area contributed by atoms with E-state index in [9.17, 15) is 5.11 Å². The molecule has 0 saturated heterocycles. The van der Waals surface area contributed by atoms with Gasteiger partial charge in [-0.3, -0.25) is 0 Å². The summed E-state index contributed by atoms with van der Waals surface area (Å²) in [6.07, 6.45) is 3.86. The number of aliphatic hydroxyl groups excluding tert-OH is 1. The molecular weight excluding hydrogens is 222 g/mol. The molecule has 0 heterocycles. The third-order valence-electron chi connectivity index (χ3n) is 3.32. The summed E-state index contributed by atoms with van der Waals surface area (Å²) < 4.78 is 0. The number of hydrogen-bond donors (Lipinski definition) is 2. The monoisotopic (exact) mass is 239 g/mol. The Morgan fingerprint density at radius 2 is 2.12 bits per heavy atom. The van der Waals surface area contributed by atoms with E-state index in [1.807, 2.05) is 24.3 Å². The second-order valence-electron chi connectivity index (χ2n) is 4.44. The molecule has 1 aliphatic carbocycles. The van der Waals surface area contributed by atoms with Gasteiger partial charge >= 0.3 is 0 Å². The quantitative estimate of drug-likeness (QED) is 0.828. The minimum absolute atomic E-state index is 0.106. The van der Waals surface area contributed by atoms with Crippen LogP contribution in [0.2, 0.25) is 5.02 Å². The van der Waals surface area contributed by atoms with Crippen molar-refractivity contribution >= 4 is 11.6 Å². The molecule has 0 radical (unpaired) electrons. The number of benzene rings is 1. The molecule has 2 nitrogen and oxygen atoms in total. The summed E-state index contributed by atoms with van der Waals surface area (Å²) in [5.41, 5.74) is 1.04. The van der Waals surface area contributed by atoms with E-state index in [1.54, 1.807) is 0 Å². The van der Waals surface area contributed by atoms with Gasteiger partial charge in [0.2, 0.25) is 0 Å². The highest BCUT2D eigenvalue weighted by molar-refractivity contribution is 6.31. The fourth-order valence-corrected chi connectivity index (χ4v) is 2.29. The van der Waals surface area contributed by atoms with Gasteiger partial charge in [0.1, 0.15) is 0 Å². The molecule has 0 amide bonds. The van der Waals surface area contributed by atoms with E-state index in [4.69, 9.17) is 11.6 Å². The summed E-state index contributed by atoms with van der Waals surface area (Å²) in [5, 5.41) is 13.6. The Balaban J connectivity index is 1.95. The van der Waals surface area contributed by atoms with Crippen molar-refractivity contribution in [2.24, 2.45) is 0 Å². The SMILES string of the molecule is OCC(CNC1CCC1)c1ccccc1Cl. The highest BCUT2D eigenvalue weighted by atomic mass is 35.5. The predicted molar refractivity (Wildman–Crippen MR) is 66.9 cm³/mol. The molecule has 1 aromatic rings. The van der Waals surface area contributed by atoms with Crippen LogP contribution in [0.3, 0.4) is 0 Å². The summed E-state index contributed by atoms with van der Waals surface area (Å²) in [6, 6.07) is 8.40. The summed E-state index contributed by atoms with van der Waals surface area (Å²) in [5.74, 6) is 0.106. The lowest BCUT2D eigenvalue weighted by molar-refractivity contribution is 0.247. The van der Waals surface area contributed by atoms with Crippen molar-refractivity contribution in [3.05, 3.63) is 34.9 Å². The smallest absolute Gasteiger partial charge is 0.0512 e. The van der Waals surface area contributed by atoms with Gasteiger partial charge in [-0.15, -0.1) is 0 Å². The zero-order valence-electron chi connectivity index (χ0n) is 9.32. The van der Waals surface area contributed by atoms with Gasteiger partial charge in [-0.05, 0) is 24.5 Å². The van der Waals surface area contributed by atoms with Gasteiger partial charge in [0.15, 0.2) is 0 Å². The van der Waals surface area contributed by atoms with Crippen LogP contribution >= 0.6 is 11.6 Å². The third-order valence-corrected chi connectivity index (χ3v) is 3.67. The number of aliphatic hydroxyl groups is 1. The zero-order chi connectivity index (χ0) is 11.4. The average Bonchev–Trinajstić information content (AvgIpc) is 2.23. The highest BCUT2D eigenvalue weighted by Gasteiger charge is 2.19. The van der Waals surface area contributed by atoms with Crippen LogP contribution in [0.25, 0.3) is 0 Å². The van der Waals surface area contributed by atoms with E-state index in [0.29, 0.717) is 6.04 Å². The minimum atomic E-state index is 0.106. The number of rotatable bonds is 5. The van der Waals surface area contributed by atoms with Crippen molar-refractivity contribution < 1.29 is 5.11 Å². The van der Waals surface area contributed by atoms with Crippen molar-refractivity contribution in [1.29, 1.82) is 0 Å². The Hall–Kier alpha value is -0.570. The standard InChI is InChI=1S/C13H18ClNO/c14-13-7-2-1-6-12(13)10(9-16)8-15-11-4-3-5-11/h1-2,6-7,10-11,15-16H,3-5,8-9H2. The zero-order valence-corrected chi connectivity index (χ0v) is 10.1. The van der Waals surface area contributed by atoms with Gasteiger partial charge in [0, 0.05) is 23.5 Å². The maximum absolute atomic E-state index is 9.41. The lowest BCUT2D eigenvalue weighted by Gasteiger charge is -2.28. The molecule has 2 N–H and O–H groups in total. The molecule has 16 heavy (non-hydrogen) atoms. The maximum atomic E-state index is 9.41. The molecule has 1 saturated carbocycles. The molecule has 0 aliphatic heterocycles. The number of halogens is 1. The Labute approximate surface area is 102 Å². The topological polar surface area (TPSA) is 32.3 Å². The molecule has 0 bridgehead atoms. The van der Waals surface area contributed by atoms with Gasteiger partial charge in [0.25, 0.3) is 0 Å². The molecule has 1 unspecified atom stereocenters. The largest absolute Gasteiger partial charge is 0.396 e. The summed E-state index contributed by atoms with van der Waals surface area (Å²) in [4.78, 5) is 0. The van der Waals surface area contributed by atoms with Gasteiger partial charge < -0.3 is 10.4 Å². The summed E-state index contributed by atoms with van der Waals surface area (Å²) in [6.45, 7) is 0.953. The first-order chi connectivity index (χ1) is 7.81. The Bertz CT molecular complexity index is 338. The average molecular weight is 240 g/mol. The molecule has 1 aromatic carbocycles. The van der Waals surface area contributed by atoms with Crippen LogP contribution in [0, 0.1) is 0 Å². The van der Waals surface area contributed by atoms with Gasteiger partial charge in [0.05, 0.1) is 6.61 Å². The van der Waals surface area contributed by atoms with E-state index >= 15 is 0 Å². The van der Waals surface area contributed by atoms with Crippen molar-refractivity contribution in [3.63, 3.8) is 0 Å². The first-order valence-electron chi connectivity index (χ1n) is 5.90. The predicted octanol–water partition coefficient (Wildman–Crippen LogP) is 2.56. The second-order valence-corrected chi connectivity index (χ2v) is 4.84. The summed E-state index contributed by atoms with van der Waals surface area (Å²) in [7, 11) is 0. The molecular formula is C13H18ClNO. The van der Waals surface area contributed by atoms with Crippen molar-refractivity contribution in [2.45, 2.75) is 31.2 Å². The molecule has 0 spiro atoms. The van der Waals surface area contributed by atoms with Gasteiger partial charge in [-0.25, -0.2) is 0 Å². The van der Waals surface area contributed by atoms with Crippen LogP contribution in [0.15, 0.2) is 24.3 Å². The molecule has 88 valence electrons. The van der Waals surface area contributed by atoms with Crippen LogP contribution < -0.4 is 5.32 Å². The van der Waals surface area contributed by atoms with E-state index in [1.165, 1.54) is 19.3 Å². The number of hydrogen-bond acceptors (Lipinski definition) is 2. The second kappa shape index (κ2) is 5.67. The lowest BCUT2D eigenvalue weighted by Crippen LogP contribution is -2.38. The Morgan fingerprint density at radius 1 is 1.38 bits per heavy atom. The van der Waals surface area contributed by atoms with E-state index in [0.717, 1.165) is 17.1 Å². The summed E-state index contributed by atoms with van der Waals surface area (Å²) >= 11 is 6.12. The van der Waals surface area contributed by atoms with E-state index in [-0.39, 0.29) is 12.5 Å². The van der Waals surface area contributed by atoms with Crippen LogP contribution in [-0.4, -0.2) is 24.3 Å². The Kier molecular flexibility index (Phi) is 4.22. The van der Waals surface area contributed by atoms with E-state index in [2.05, 4.69) is 5.32 Å². The van der Waals surface area contributed by atoms with Crippen LogP contribution in [0.4, 0.5) is 0 Å².